The standard InChI is InChI=1S/C20H24N2O3/c1-22(14-19(23)16-10-11-16)20(24)21-13-15-6-5-9-18(12-15)25-17-7-3-2-4-8-17/h2-9,12,16,19,23H,10-11,13-14H2,1H3,(H,21,24). The summed E-state index contributed by atoms with van der Waals surface area (Å²) < 4.78 is 5.80. The van der Waals surface area contributed by atoms with Crippen LogP contribution in [0.1, 0.15) is 18.4 Å². The third-order valence-corrected chi connectivity index (χ3v) is 4.29. The van der Waals surface area contributed by atoms with E-state index in [1.807, 2.05) is 54.6 Å². The fourth-order valence-corrected chi connectivity index (χ4v) is 2.65. The maximum atomic E-state index is 12.1. The zero-order chi connectivity index (χ0) is 17.6. The van der Waals surface area contributed by atoms with Gasteiger partial charge in [0.2, 0.25) is 0 Å². The first-order valence-electron chi connectivity index (χ1n) is 8.60. The molecule has 1 saturated carbocycles. The number of nitrogens with one attached hydrogen (secondary N) is 1. The lowest BCUT2D eigenvalue weighted by atomic mass is 10.2. The van der Waals surface area contributed by atoms with E-state index in [2.05, 4.69) is 5.32 Å². The number of amides is 2. The molecule has 0 radical (unpaired) electrons. The van der Waals surface area contributed by atoms with Crippen LogP contribution in [0.5, 0.6) is 11.5 Å². The molecule has 2 N–H and O–H groups in total. The van der Waals surface area contributed by atoms with E-state index in [0.717, 1.165) is 29.9 Å². The Hall–Kier alpha value is -2.53. The van der Waals surface area contributed by atoms with Gasteiger partial charge in [-0.25, -0.2) is 4.79 Å². The van der Waals surface area contributed by atoms with E-state index >= 15 is 0 Å². The minimum Gasteiger partial charge on any atom is -0.457 e. The molecule has 0 aliphatic heterocycles. The molecule has 0 heterocycles. The van der Waals surface area contributed by atoms with E-state index in [4.69, 9.17) is 4.74 Å². The van der Waals surface area contributed by atoms with E-state index in [1.54, 1.807) is 7.05 Å². The predicted octanol–water partition coefficient (Wildman–Crippen LogP) is 3.39. The van der Waals surface area contributed by atoms with Crippen molar-refractivity contribution in [1.82, 2.24) is 10.2 Å². The molecule has 3 rings (SSSR count). The van der Waals surface area contributed by atoms with Gasteiger partial charge in [0.1, 0.15) is 11.5 Å². The third kappa shape index (κ3) is 5.22. The molecule has 1 unspecified atom stereocenters. The number of ether oxygens (including phenoxy) is 1. The SMILES string of the molecule is CN(CC(O)C1CC1)C(=O)NCc1cccc(Oc2ccccc2)c1. The Morgan fingerprint density at radius 2 is 1.92 bits per heavy atom. The Morgan fingerprint density at radius 3 is 2.64 bits per heavy atom. The summed E-state index contributed by atoms with van der Waals surface area (Å²) >= 11 is 0. The van der Waals surface area contributed by atoms with Gasteiger partial charge in [-0.15, -0.1) is 0 Å². The zero-order valence-corrected chi connectivity index (χ0v) is 14.4. The molecule has 132 valence electrons. The van der Waals surface area contributed by atoms with E-state index < -0.39 is 6.10 Å². The molecule has 5 nitrogen and oxygen atoms in total. The van der Waals surface area contributed by atoms with Crippen molar-refractivity contribution < 1.29 is 14.6 Å². The zero-order valence-electron chi connectivity index (χ0n) is 14.4. The van der Waals surface area contributed by atoms with Crippen molar-refractivity contribution in [2.75, 3.05) is 13.6 Å². The van der Waals surface area contributed by atoms with Gasteiger partial charge in [-0.3, -0.25) is 0 Å². The van der Waals surface area contributed by atoms with Crippen molar-refractivity contribution in [1.29, 1.82) is 0 Å². The van der Waals surface area contributed by atoms with Crippen LogP contribution in [0, 0.1) is 5.92 Å². The van der Waals surface area contributed by atoms with E-state index in [0.29, 0.717) is 19.0 Å². The molecule has 0 aromatic heterocycles. The molecule has 2 aromatic rings. The minimum atomic E-state index is -0.418. The molecule has 1 fully saturated rings. The largest absolute Gasteiger partial charge is 0.457 e. The highest BCUT2D eigenvalue weighted by Gasteiger charge is 2.31. The third-order valence-electron chi connectivity index (χ3n) is 4.29. The molecule has 1 aliphatic rings. The Labute approximate surface area is 148 Å². The van der Waals surface area contributed by atoms with Gasteiger partial charge in [0, 0.05) is 20.1 Å². The van der Waals surface area contributed by atoms with Crippen LogP contribution in [0.4, 0.5) is 4.79 Å². The molecule has 2 amide bonds. The summed E-state index contributed by atoms with van der Waals surface area (Å²) in [5.74, 6) is 1.87. The minimum absolute atomic E-state index is 0.186. The van der Waals surface area contributed by atoms with Crippen LogP contribution in [0.3, 0.4) is 0 Å². The lowest BCUT2D eigenvalue weighted by molar-refractivity contribution is 0.113. The normalized spacial score (nSPS) is 14.6. The Kier molecular flexibility index (Phi) is 5.56. The maximum absolute atomic E-state index is 12.1. The maximum Gasteiger partial charge on any atom is 0.317 e. The fraction of sp³-hybridized carbons (Fsp3) is 0.350. The van der Waals surface area contributed by atoms with Crippen LogP contribution in [-0.4, -0.2) is 35.7 Å². The summed E-state index contributed by atoms with van der Waals surface area (Å²) in [6.07, 6.45) is 1.70. The number of benzene rings is 2. The van der Waals surface area contributed by atoms with Gasteiger partial charge < -0.3 is 20.1 Å². The number of hydrogen-bond acceptors (Lipinski definition) is 3. The number of likely N-dealkylation sites (N-methyl/N-ethyl adjacent to an activating group) is 1. The number of carbonyl (C=O) groups excluding carboxylic acids is 1. The lowest BCUT2D eigenvalue weighted by Gasteiger charge is -2.21. The van der Waals surface area contributed by atoms with Crippen molar-refractivity contribution in [3.8, 4) is 11.5 Å². The number of nitrogens with zero attached hydrogens (tertiary/aromatic N) is 1. The first-order chi connectivity index (χ1) is 12.1. The number of urea groups is 1. The summed E-state index contributed by atoms with van der Waals surface area (Å²) in [7, 11) is 1.70. The summed E-state index contributed by atoms with van der Waals surface area (Å²) in [6.45, 7) is 0.780. The molecule has 5 heteroatoms. The smallest absolute Gasteiger partial charge is 0.317 e. The number of aliphatic hydroxyl groups excluding tert-OH is 1. The lowest BCUT2D eigenvalue weighted by Crippen LogP contribution is -2.41. The second kappa shape index (κ2) is 8.03. The number of hydrogen-bond donors (Lipinski definition) is 2. The first kappa shape index (κ1) is 17.3. The van der Waals surface area contributed by atoms with Crippen LogP contribution in [0.25, 0.3) is 0 Å². The average Bonchev–Trinajstić information content (AvgIpc) is 3.46. The second-order valence-corrected chi connectivity index (χ2v) is 6.51. The van der Waals surface area contributed by atoms with Gasteiger partial charge >= 0.3 is 6.03 Å². The molecule has 0 spiro atoms. The van der Waals surface area contributed by atoms with E-state index in [-0.39, 0.29) is 6.03 Å². The molecule has 1 aliphatic carbocycles. The second-order valence-electron chi connectivity index (χ2n) is 6.51. The van der Waals surface area contributed by atoms with Gasteiger partial charge in [-0.1, -0.05) is 30.3 Å². The average molecular weight is 340 g/mol. The van der Waals surface area contributed by atoms with Gasteiger partial charge in [0.25, 0.3) is 0 Å². The predicted molar refractivity (Wildman–Crippen MR) is 96.6 cm³/mol. The molecule has 0 saturated heterocycles. The number of para-hydroxylation sites is 1. The summed E-state index contributed by atoms with van der Waals surface area (Å²) in [5, 5.41) is 12.8. The van der Waals surface area contributed by atoms with E-state index in [9.17, 15) is 9.90 Å². The summed E-state index contributed by atoms with van der Waals surface area (Å²) in [4.78, 5) is 13.7. The van der Waals surface area contributed by atoms with Gasteiger partial charge in [0.05, 0.1) is 6.10 Å². The molecule has 0 bridgehead atoms. The molecular weight excluding hydrogens is 316 g/mol. The first-order valence-corrected chi connectivity index (χ1v) is 8.60. The van der Waals surface area contributed by atoms with Crippen LogP contribution in [0.2, 0.25) is 0 Å². The Bertz CT molecular complexity index is 701. The highest BCUT2D eigenvalue weighted by molar-refractivity contribution is 5.73. The molecule has 25 heavy (non-hydrogen) atoms. The summed E-state index contributed by atoms with van der Waals surface area (Å²) in [5.41, 5.74) is 0.956. The van der Waals surface area contributed by atoms with Gasteiger partial charge in [0.15, 0.2) is 0 Å². The highest BCUT2D eigenvalue weighted by atomic mass is 16.5. The quantitative estimate of drug-likeness (QED) is 0.812. The number of aliphatic hydroxyl groups is 1. The van der Waals surface area contributed by atoms with Crippen LogP contribution in [0.15, 0.2) is 54.6 Å². The van der Waals surface area contributed by atoms with Crippen LogP contribution in [-0.2, 0) is 6.54 Å². The molecule has 2 aromatic carbocycles. The number of carbonyl (C=O) groups is 1. The summed E-state index contributed by atoms with van der Waals surface area (Å²) in [6, 6.07) is 17.0. The Morgan fingerprint density at radius 1 is 1.20 bits per heavy atom. The van der Waals surface area contributed by atoms with E-state index in [1.165, 1.54) is 4.90 Å². The van der Waals surface area contributed by atoms with Gasteiger partial charge in [-0.2, -0.15) is 0 Å². The Balaban J connectivity index is 1.50. The van der Waals surface area contributed by atoms with Crippen LogP contribution < -0.4 is 10.1 Å². The molecular formula is C20H24N2O3. The van der Waals surface area contributed by atoms with Crippen molar-refractivity contribution >= 4 is 6.03 Å². The molecule has 1 atom stereocenters. The van der Waals surface area contributed by atoms with Crippen molar-refractivity contribution in [2.45, 2.75) is 25.5 Å². The monoisotopic (exact) mass is 340 g/mol. The highest BCUT2D eigenvalue weighted by Crippen LogP contribution is 2.32. The van der Waals surface area contributed by atoms with Crippen molar-refractivity contribution in [3.63, 3.8) is 0 Å². The van der Waals surface area contributed by atoms with Crippen molar-refractivity contribution in [3.05, 3.63) is 60.2 Å². The topological polar surface area (TPSA) is 61.8 Å². The van der Waals surface area contributed by atoms with Crippen molar-refractivity contribution in [2.24, 2.45) is 5.92 Å². The van der Waals surface area contributed by atoms with Gasteiger partial charge in [-0.05, 0) is 48.6 Å². The number of rotatable bonds is 7. The van der Waals surface area contributed by atoms with Crippen LogP contribution >= 0.6 is 0 Å². The fourth-order valence-electron chi connectivity index (χ4n) is 2.65.